The number of urea groups is 1. The van der Waals surface area contributed by atoms with Gasteiger partial charge in [-0.3, -0.25) is 0 Å². The Bertz CT molecular complexity index is 968. The predicted molar refractivity (Wildman–Crippen MR) is 125 cm³/mol. The lowest BCUT2D eigenvalue weighted by molar-refractivity contribution is 0.153. The summed E-state index contributed by atoms with van der Waals surface area (Å²) in [7, 11) is 1.64. The topological polar surface area (TPSA) is 103 Å². The van der Waals surface area contributed by atoms with Crippen LogP contribution in [0.4, 0.5) is 15.0 Å². The highest BCUT2D eigenvalue weighted by molar-refractivity contribution is 6.31. The molecule has 2 amide bonds. The molecule has 4 rings (SSSR count). The number of nitrogens with zero attached hydrogens (tertiary/aromatic N) is 3. The smallest absolute Gasteiger partial charge is 0.317 e. The molecule has 9 nitrogen and oxygen atoms in total. The Morgan fingerprint density at radius 1 is 1.36 bits per heavy atom. The number of halogens is 2. The van der Waals surface area contributed by atoms with Gasteiger partial charge in [0.05, 0.1) is 17.3 Å². The average Bonchev–Trinajstić information content (AvgIpc) is 3.24. The minimum atomic E-state index is -0.540. The second-order valence-electron chi connectivity index (χ2n) is 8.15. The van der Waals surface area contributed by atoms with Gasteiger partial charge in [0.2, 0.25) is 0 Å². The van der Waals surface area contributed by atoms with Crippen molar-refractivity contribution in [2.45, 2.75) is 37.9 Å². The first kappa shape index (κ1) is 23.3. The fourth-order valence-electron chi connectivity index (χ4n) is 4.17. The van der Waals surface area contributed by atoms with E-state index >= 15 is 0 Å². The highest BCUT2D eigenvalue weighted by Gasteiger charge is 2.29. The van der Waals surface area contributed by atoms with Crippen LogP contribution in [0.25, 0.3) is 5.57 Å². The zero-order chi connectivity index (χ0) is 23.2. The Morgan fingerprint density at radius 3 is 3.06 bits per heavy atom. The summed E-state index contributed by atoms with van der Waals surface area (Å²) in [5.74, 6) is -0.0343. The number of carbonyl (C=O) groups excluding carboxylic acids is 1. The molecule has 1 saturated heterocycles. The predicted octanol–water partition coefficient (Wildman–Crippen LogP) is 2.51. The molecule has 4 N–H and O–H groups in total. The van der Waals surface area contributed by atoms with Gasteiger partial charge in [-0.15, -0.1) is 0 Å². The van der Waals surface area contributed by atoms with E-state index in [1.165, 1.54) is 0 Å². The maximum atomic E-state index is 14.5. The number of fused-ring (bicyclic) bond motifs is 1. The summed E-state index contributed by atoms with van der Waals surface area (Å²) in [4.78, 5) is 23.1. The van der Waals surface area contributed by atoms with Crippen LogP contribution in [0, 0.1) is 5.82 Å². The van der Waals surface area contributed by atoms with E-state index in [2.05, 4.69) is 31.2 Å². The number of methoxy groups -OCH3 is 1. The van der Waals surface area contributed by atoms with Gasteiger partial charge in [-0.25, -0.2) is 19.2 Å². The largest absolute Gasteiger partial charge is 0.385 e. The van der Waals surface area contributed by atoms with E-state index in [-0.39, 0.29) is 24.1 Å². The molecule has 0 aromatic carbocycles. The van der Waals surface area contributed by atoms with Crippen LogP contribution in [0.5, 0.6) is 0 Å². The van der Waals surface area contributed by atoms with Gasteiger partial charge in [0.15, 0.2) is 17.5 Å². The van der Waals surface area contributed by atoms with Crippen LogP contribution in [0.15, 0.2) is 35.3 Å². The summed E-state index contributed by atoms with van der Waals surface area (Å²) in [6.07, 6.45) is 9.95. The lowest BCUT2D eigenvalue weighted by atomic mass is 10.0. The average molecular weight is 478 g/mol. The molecule has 3 aliphatic heterocycles. The van der Waals surface area contributed by atoms with Crippen molar-refractivity contribution in [3.05, 3.63) is 46.9 Å². The number of anilines is 1. The third-order valence-corrected chi connectivity index (χ3v) is 6.10. The number of hydrogen-bond acceptors (Lipinski definition) is 7. The molecule has 33 heavy (non-hydrogen) atoms. The van der Waals surface area contributed by atoms with Gasteiger partial charge in [0, 0.05) is 56.9 Å². The normalized spacial score (nSPS) is 21.8. The molecular formula is C22H29ClFN7O2. The molecule has 178 valence electrons. The molecule has 1 aromatic rings. The Morgan fingerprint density at radius 2 is 2.21 bits per heavy atom. The van der Waals surface area contributed by atoms with Crippen LogP contribution in [0.3, 0.4) is 0 Å². The number of ether oxygens (including phenoxy) is 1. The molecule has 2 atom stereocenters. The molecule has 1 fully saturated rings. The van der Waals surface area contributed by atoms with Gasteiger partial charge in [-0.1, -0.05) is 11.6 Å². The van der Waals surface area contributed by atoms with Crippen LogP contribution < -0.4 is 21.3 Å². The first-order valence-electron chi connectivity index (χ1n) is 11.2. The molecule has 4 heterocycles. The van der Waals surface area contributed by atoms with E-state index in [9.17, 15) is 9.18 Å². The number of likely N-dealkylation sites (tertiary alicyclic amines) is 1. The summed E-state index contributed by atoms with van der Waals surface area (Å²) < 4.78 is 19.5. The Hall–Kier alpha value is -2.85. The number of piperidine rings is 1. The fraction of sp³-hybridized carbons (Fsp3) is 0.500. The number of aromatic nitrogens is 2. The second-order valence-corrected chi connectivity index (χ2v) is 8.58. The van der Waals surface area contributed by atoms with E-state index < -0.39 is 5.82 Å². The summed E-state index contributed by atoms with van der Waals surface area (Å²) in [5, 5.41) is 12.9. The molecule has 0 spiro atoms. The summed E-state index contributed by atoms with van der Waals surface area (Å²) in [6, 6.07) is -0.152. The van der Waals surface area contributed by atoms with Crippen molar-refractivity contribution in [1.82, 2.24) is 30.8 Å². The molecular weight excluding hydrogens is 449 g/mol. The molecule has 3 aliphatic rings. The van der Waals surface area contributed by atoms with Gasteiger partial charge in [0.1, 0.15) is 6.17 Å². The van der Waals surface area contributed by atoms with Gasteiger partial charge < -0.3 is 30.9 Å². The van der Waals surface area contributed by atoms with E-state index in [4.69, 9.17) is 16.3 Å². The summed E-state index contributed by atoms with van der Waals surface area (Å²) in [5.41, 5.74) is 1.64. The number of hydrogen-bond donors (Lipinski definition) is 4. The summed E-state index contributed by atoms with van der Waals surface area (Å²) >= 11 is 6.13. The molecule has 1 unspecified atom stereocenters. The molecule has 0 radical (unpaired) electrons. The van der Waals surface area contributed by atoms with Gasteiger partial charge in [-0.05, 0) is 31.8 Å². The number of nitrogens with one attached hydrogen (secondary N) is 4. The van der Waals surface area contributed by atoms with Crippen molar-refractivity contribution in [3.63, 3.8) is 0 Å². The highest BCUT2D eigenvalue weighted by Crippen LogP contribution is 2.31. The van der Waals surface area contributed by atoms with E-state index in [0.29, 0.717) is 37.1 Å². The van der Waals surface area contributed by atoms with Crippen LogP contribution >= 0.6 is 11.6 Å². The first-order chi connectivity index (χ1) is 16.1. The maximum Gasteiger partial charge on any atom is 0.317 e. The monoisotopic (exact) mass is 477 g/mol. The quantitative estimate of drug-likeness (QED) is 0.426. The van der Waals surface area contributed by atoms with Crippen molar-refractivity contribution in [3.8, 4) is 0 Å². The van der Waals surface area contributed by atoms with Crippen LogP contribution in [0.2, 0.25) is 0 Å². The third-order valence-electron chi connectivity index (χ3n) is 5.88. The molecule has 1 aromatic heterocycles. The van der Waals surface area contributed by atoms with Gasteiger partial charge in [-0.2, -0.15) is 0 Å². The van der Waals surface area contributed by atoms with Gasteiger partial charge >= 0.3 is 6.03 Å². The van der Waals surface area contributed by atoms with Crippen molar-refractivity contribution >= 4 is 29.0 Å². The van der Waals surface area contributed by atoms with Crippen molar-refractivity contribution in [2.75, 3.05) is 38.7 Å². The first-order valence-corrected chi connectivity index (χ1v) is 11.5. The number of allylic oxidation sites excluding steroid dienone is 2. The summed E-state index contributed by atoms with van der Waals surface area (Å²) in [6.45, 7) is 2.23. The second kappa shape index (κ2) is 10.8. The highest BCUT2D eigenvalue weighted by atomic mass is 35.5. The molecule has 0 aliphatic carbocycles. The van der Waals surface area contributed by atoms with Crippen LogP contribution in [0.1, 0.15) is 31.5 Å². The number of amides is 2. The Labute approximate surface area is 197 Å². The standard InChI is InChI=1S/C22H29ClFN7O2/c1-33-8-4-6-25-22(32)31-7-3-2-5-15(31)11-27-21-18(24)13-29-20(30-21)17-12-28-19-16(17)9-14(23)10-26-19/h9-10,12-13,15,19,26,28H,2-8,11H2,1H3,(H,25,32)(H,27,29,30)/t15-,19?/m1/s1. The lowest BCUT2D eigenvalue weighted by Gasteiger charge is -2.36. The maximum absolute atomic E-state index is 14.5. The van der Waals surface area contributed by atoms with Crippen molar-refractivity contribution in [1.29, 1.82) is 0 Å². The van der Waals surface area contributed by atoms with Crippen LogP contribution in [-0.4, -0.2) is 66.5 Å². The Balaban J connectivity index is 1.41. The Kier molecular flexibility index (Phi) is 7.66. The van der Waals surface area contributed by atoms with Crippen molar-refractivity contribution < 1.29 is 13.9 Å². The van der Waals surface area contributed by atoms with E-state index in [1.54, 1.807) is 19.5 Å². The number of rotatable bonds is 8. The molecule has 0 saturated carbocycles. The zero-order valence-electron chi connectivity index (χ0n) is 18.5. The minimum absolute atomic E-state index is 0.0510. The molecule has 0 bridgehead atoms. The van der Waals surface area contributed by atoms with Crippen LogP contribution in [-0.2, 0) is 4.74 Å². The number of dihydropyridines is 1. The van der Waals surface area contributed by atoms with Crippen molar-refractivity contribution in [2.24, 2.45) is 0 Å². The lowest BCUT2D eigenvalue weighted by Crippen LogP contribution is -2.51. The zero-order valence-corrected chi connectivity index (χ0v) is 19.3. The third kappa shape index (κ3) is 5.56. The van der Waals surface area contributed by atoms with E-state index in [0.717, 1.165) is 43.0 Å². The van der Waals surface area contributed by atoms with E-state index in [1.807, 2.05) is 11.0 Å². The minimum Gasteiger partial charge on any atom is -0.385 e. The fourth-order valence-corrected chi connectivity index (χ4v) is 4.35. The molecule has 11 heteroatoms. The van der Waals surface area contributed by atoms with Gasteiger partial charge in [0.25, 0.3) is 0 Å². The number of carbonyl (C=O) groups is 1. The SMILES string of the molecule is COCCCNC(=O)N1CCCC[C@@H]1CNc1nc(C2=CNC3NC=C(Cl)C=C23)ncc1F.